The molecule has 3 N–H and O–H groups in total. The van der Waals surface area contributed by atoms with E-state index in [1.807, 2.05) is 39.0 Å². The van der Waals surface area contributed by atoms with E-state index < -0.39 is 17.5 Å². The van der Waals surface area contributed by atoms with Gasteiger partial charge in [-0.1, -0.05) is 12.1 Å². The maximum Gasteiger partial charge on any atom is 0.251 e. The Morgan fingerprint density at radius 2 is 1.79 bits per heavy atom. The third-order valence-electron chi connectivity index (χ3n) is 6.79. The number of methoxy groups -OCH3 is 1. The standard InChI is InChI=1S/C30H35FN2O6/c1-18-6-7-19(31)14-26(18)39-17-24-22(10-11-25-28(24)33(4)29(36)30(2,3)32-25)23-9-8-21(15-27(23)37-5)38-16-20(35)12-13-34/h6-11,14-15,20,32,34-35H,12-13,16-17H2,1-5H3/t20-/m1/s1. The van der Waals surface area contributed by atoms with Gasteiger partial charge in [-0.3, -0.25) is 4.79 Å². The van der Waals surface area contributed by atoms with E-state index in [2.05, 4.69) is 5.32 Å². The van der Waals surface area contributed by atoms with Crippen molar-refractivity contribution in [3.8, 4) is 28.4 Å². The van der Waals surface area contributed by atoms with Crippen molar-refractivity contribution in [3.63, 3.8) is 0 Å². The van der Waals surface area contributed by atoms with Crippen LogP contribution in [0.15, 0.2) is 48.5 Å². The molecule has 0 bridgehead atoms. The molecule has 0 spiro atoms. The summed E-state index contributed by atoms with van der Waals surface area (Å²) in [5.41, 5.74) is 3.67. The van der Waals surface area contributed by atoms with Gasteiger partial charge in [-0.05, 0) is 62.6 Å². The molecule has 0 unspecified atom stereocenters. The molecule has 1 atom stereocenters. The summed E-state index contributed by atoms with van der Waals surface area (Å²) >= 11 is 0. The molecule has 208 valence electrons. The molecule has 3 aromatic rings. The van der Waals surface area contributed by atoms with Crippen LogP contribution in [0.2, 0.25) is 0 Å². The Morgan fingerprint density at radius 1 is 1.05 bits per heavy atom. The van der Waals surface area contributed by atoms with E-state index in [-0.39, 0.29) is 32.1 Å². The summed E-state index contributed by atoms with van der Waals surface area (Å²) in [5.74, 6) is 0.920. The smallest absolute Gasteiger partial charge is 0.251 e. The molecule has 0 aromatic heterocycles. The minimum Gasteiger partial charge on any atom is -0.496 e. The van der Waals surface area contributed by atoms with Crippen molar-refractivity contribution >= 4 is 17.3 Å². The average molecular weight is 539 g/mol. The summed E-state index contributed by atoms with van der Waals surface area (Å²) in [6.45, 7) is 5.46. The number of carbonyl (C=O) groups excluding carboxylic acids is 1. The number of likely N-dealkylation sites (N-methyl/N-ethyl adjacent to an activating group) is 1. The van der Waals surface area contributed by atoms with Gasteiger partial charge in [0.25, 0.3) is 5.91 Å². The van der Waals surface area contributed by atoms with Crippen molar-refractivity contribution in [3.05, 3.63) is 65.5 Å². The number of rotatable bonds is 10. The maximum atomic E-state index is 14.0. The van der Waals surface area contributed by atoms with Crippen LogP contribution in [-0.2, 0) is 11.4 Å². The molecule has 3 aromatic carbocycles. The van der Waals surface area contributed by atoms with Crippen molar-refractivity contribution < 1.29 is 33.6 Å². The van der Waals surface area contributed by atoms with Gasteiger partial charge in [-0.25, -0.2) is 4.39 Å². The van der Waals surface area contributed by atoms with Crippen molar-refractivity contribution in [2.24, 2.45) is 0 Å². The molecule has 8 nitrogen and oxygen atoms in total. The molecular weight excluding hydrogens is 503 g/mol. The Morgan fingerprint density at radius 3 is 2.51 bits per heavy atom. The summed E-state index contributed by atoms with van der Waals surface area (Å²) in [6.07, 6.45) is -0.573. The molecule has 1 aliphatic rings. The number of amides is 1. The van der Waals surface area contributed by atoms with Crippen molar-refractivity contribution in [2.45, 2.75) is 45.4 Å². The van der Waals surface area contributed by atoms with Crippen molar-refractivity contribution in [2.75, 3.05) is 37.6 Å². The van der Waals surface area contributed by atoms with E-state index in [9.17, 15) is 14.3 Å². The number of aliphatic hydroxyl groups excluding tert-OH is 2. The van der Waals surface area contributed by atoms with E-state index in [1.165, 1.54) is 12.1 Å². The van der Waals surface area contributed by atoms with Crippen LogP contribution in [0.1, 0.15) is 31.4 Å². The number of ether oxygens (including phenoxy) is 3. The zero-order valence-electron chi connectivity index (χ0n) is 22.9. The Balaban J connectivity index is 1.78. The molecule has 1 heterocycles. The molecule has 0 fully saturated rings. The number of hydrogen-bond donors (Lipinski definition) is 3. The summed E-state index contributed by atoms with van der Waals surface area (Å²) in [7, 11) is 3.28. The molecule has 9 heteroatoms. The molecule has 0 aliphatic carbocycles. The van der Waals surface area contributed by atoms with Crippen LogP contribution in [0.25, 0.3) is 11.1 Å². The van der Waals surface area contributed by atoms with Gasteiger partial charge in [0.15, 0.2) is 0 Å². The van der Waals surface area contributed by atoms with E-state index in [1.54, 1.807) is 37.3 Å². The largest absolute Gasteiger partial charge is 0.496 e. The van der Waals surface area contributed by atoms with Gasteiger partial charge in [-0.2, -0.15) is 0 Å². The van der Waals surface area contributed by atoms with Crippen molar-refractivity contribution in [1.29, 1.82) is 0 Å². The number of halogens is 1. The molecule has 1 amide bonds. The van der Waals surface area contributed by atoms with E-state index >= 15 is 0 Å². The minimum absolute atomic E-state index is 0.0301. The Bertz CT molecular complexity index is 1360. The average Bonchev–Trinajstić information content (AvgIpc) is 2.90. The number of aliphatic hydroxyl groups is 2. The van der Waals surface area contributed by atoms with Gasteiger partial charge in [0.1, 0.15) is 41.8 Å². The van der Waals surface area contributed by atoms with Crippen LogP contribution in [-0.4, -0.2) is 55.1 Å². The molecule has 0 saturated carbocycles. The number of aryl methyl sites for hydroxylation is 1. The number of fused-ring (bicyclic) bond motifs is 1. The monoisotopic (exact) mass is 538 g/mol. The Kier molecular flexibility index (Phi) is 8.32. The number of hydrogen-bond acceptors (Lipinski definition) is 7. The van der Waals surface area contributed by atoms with Gasteiger partial charge in [-0.15, -0.1) is 0 Å². The van der Waals surface area contributed by atoms with E-state index in [0.717, 1.165) is 27.9 Å². The van der Waals surface area contributed by atoms with Crippen LogP contribution >= 0.6 is 0 Å². The summed E-state index contributed by atoms with van der Waals surface area (Å²) in [6, 6.07) is 13.6. The number of carbonyl (C=O) groups is 1. The lowest BCUT2D eigenvalue weighted by Gasteiger charge is -2.39. The molecule has 39 heavy (non-hydrogen) atoms. The second-order valence-corrected chi connectivity index (χ2v) is 10.1. The Labute approximate surface area is 227 Å². The SMILES string of the molecule is COc1cc(OC[C@H](O)CCO)ccc1-c1ccc2c(c1COc1cc(F)ccc1C)N(C)C(=O)C(C)(C)N2. The number of nitrogens with zero attached hydrogens (tertiary/aromatic N) is 1. The van der Waals surface area contributed by atoms with Crippen molar-refractivity contribution in [1.82, 2.24) is 0 Å². The van der Waals surface area contributed by atoms with Crippen LogP contribution in [0.5, 0.6) is 17.2 Å². The third-order valence-corrected chi connectivity index (χ3v) is 6.79. The predicted molar refractivity (Wildman–Crippen MR) is 148 cm³/mol. The third kappa shape index (κ3) is 5.94. The normalized spacial score (nSPS) is 14.9. The second-order valence-electron chi connectivity index (χ2n) is 10.1. The first kappa shape index (κ1) is 28.2. The minimum atomic E-state index is -0.794. The second kappa shape index (κ2) is 11.5. The van der Waals surface area contributed by atoms with Crippen LogP contribution < -0.4 is 24.4 Å². The van der Waals surface area contributed by atoms with Crippen LogP contribution in [0, 0.1) is 12.7 Å². The van der Waals surface area contributed by atoms with E-state index in [4.69, 9.17) is 19.3 Å². The number of nitrogens with one attached hydrogen (secondary N) is 1. The topological polar surface area (TPSA) is 100 Å². The lowest BCUT2D eigenvalue weighted by atomic mass is 9.91. The van der Waals surface area contributed by atoms with Gasteiger partial charge in [0.05, 0.1) is 24.6 Å². The lowest BCUT2D eigenvalue weighted by Crippen LogP contribution is -2.52. The quantitative estimate of drug-likeness (QED) is 0.345. The number of benzene rings is 3. The van der Waals surface area contributed by atoms with Gasteiger partial charge < -0.3 is 34.6 Å². The maximum absolute atomic E-state index is 14.0. The first-order valence-corrected chi connectivity index (χ1v) is 12.8. The van der Waals surface area contributed by atoms with Crippen LogP contribution in [0.4, 0.5) is 15.8 Å². The van der Waals surface area contributed by atoms with Gasteiger partial charge in [0.2, 0.25) is 0 Å². The highest BCUT2D eigenvalue weighted by Crippen LogP contribution is 2.45. The first-order chi connectivity index (χ1) is 18.6. The highest BCUT2D eigenvalue weighted by atomic mass is 19.1. The summed E-state index contributed by atoms with van der Waals surface area (Å²) in [4.78, 5) is 14.8. The first-order valence-electron chi connectivity index (χ1n) is 12.8. The summed E-state index contributed by atoms with van der Waals surface area (Å²) < 4.78 is 31.5. The fourth-order valence-electron chi connectivity index (χ4n) is 4.72. The highest BCUT2D eigenvalue weighted by molar-refractivity contribution is 6.08. The predicted octanol–water partition coefficient (Wildman–Crippen LogP) is 4.68. The fourth-order valence-corrected chi connectivity index (χ4v) is 4.72. The molecular formula is C30H35FN2O6. The number of anilines is 2. The Hall–Kier alpha value is -3.82. The fraction of sp³-hybridized carbons (Fsp3) is 0.367. The van der Waals surface area contributed by atoms with Gasteiger partial charge in [0, 0.05) is 36.9 Å². The molecule has 4 rings (SSSR count). The zero-order chi connectivity index (χ0) is 28.3. The van der Waals surface area contributed by atoms with Crippen LogP contribution in [0.3, 0.4) is 0 Å². The molecule has 0 radical (unpaired) electrons. The zero-order valence-corrected chi connectivity index (χ0v) is 22.9. The summed E-state index contributed by atoms with van der Waals surface area (Å²) in [5, 5.41) is 22.2. The molecule has 0 saturated heterocycles. The van der Waals surface area contributed by atoms with E-state index in [0.29, 0.717) is 22.9 Å². The van der Waals surface area contributed by atoms with Gasteiger partial charge >= 0.3 is 0 Å². The molecule has 1 aliphatic heterocycles. The highest BCUT2D eigenvalue weighted by Gasteiger charge is 2.38. The lowest BCUT2D eigenvalue weighted by molar-refractivity contribution is -0.121.